The Labute approximate surface area is 135 Å². The average Bonchev–Trinajstić information content (AvgIpc) is 3.31. The topological polar surface area (TPSA) is 51.9 Å². The predicted octanol–water partition coefficient (Wildman–Crippen LogP) is 3.79. The van der Waals surface area contributed by atoms with Gasteiger partial charge in [-0.25, -0.2) is 0 Å². The Morgan fingerprint density at radius 1 is 1.17 bits per heavy atom. The van der Waals surface area contributed by atoms with Crippen LogP contribution in [-0.2, 0) is 11.2 Å². The third-order valence-corrected chi connectivity index (χ3v) is 4.84. The summed E-state index contributed by atoms with van der Waals surface area (Å²) in [4.78, 5) is 21.3. The normalized spacial score (nSPS) is 17.9. The van der Waals surface area contributed by atoms with E-state index >= 15 is 0 Å². The Bertz CT molecular complexity index is 803. The molecule has 2 aromatic heterocycles. The molecule has 0 bridgehead atoms. The molecule has 2 N–H and O–H groups in total. The van der Waals surface area contributed by atoms with Crippen LogP contribution in [0.5, 0.6) is 0 Å². The number of nitrogens with zero attached hydrogens (tertiary/aromatic N) is 1. The summed E-state index contributed by atoms with van der Waals surface area (Å²) in [6, 6.07) is 12.6. The minimum absolute atomic E-state index is 0.223. The second-order valence-corrected chi connectivity index (χ2v) is 6.23. The molecule has 4 heteroatoms. The number of hydrogen-bond acceptors (Lipinski definition) is 1. The van der Waals surface area contributed by atoms with E-state index in [4.69, 9.17) is 0 Å². The lowest BCUT2D eigenvalue weighted by atomic mass is 10.1. The number of likely N-dealkylation sites (tertiary alicyclic amines) is 1. The fourth-order valence-electron chi connectivity index (χ4n) is 3.66. The van der Waals surface area contributed by atoms with Crippen molar-refractivity contribution in [1.82, 2.24) is 14.9 Å². The Balaban J connectivity index is 1.45. The maximum absolute atomic E-state index is 12.7. The van der Waals surface area contributed by atoms with E-state index in [1.807, 2.05) is 35.5 Å². The van der Waals surface area contributed by atoms with Gasteiger partial charge in [0.2, 0.25) is 5.91 Å². The van der Waals surface area contributed by atoms with Crippen molar-refractivity contribution in [3.8, 4) is 0 Å². The Morgan fingerprint density at radius 3 is 2.96 bits per heavy atom. The number of aromatic amines is 2. The smallest absolute Gasteiger partial charge is 0.223 e. The molecule has 4 rings (SSSR count). The summed E-state index contributed by atoms with van der Waals surface area (Å²) in [6.45, 7) is 0.871. The highest BCUT2D eigenvalue weighted by atomic mass is 16.2. The number of H-pyrrole nitrogens is 2. The van der Waals surface area contributed by atoms with Gasteiger partial charge in [-0.15, -0.1) is 0 Å². The second kappa shape index (κ2) is 5.95. The molecule has 1 aromatic carbocycles. The monoisotopic (exact) mass is 307 g/mol. The summed E-state index contributed by atoms with van der Waals surface area (Å²) in [5.74, 6) is 0.257. The molecule has 1 fully saturated rings. The highest BCUT2D eigenvalue weighted by molar-refractivity contribution is 5.84. The van der Waals surface area contributed by atoms with Crippen molar-refractivity contribution in [2.24, 2.45) is 0 Å². The fraction of sp³-hybridized carbons (Fsp3) is 0.316. The van der Waals surface area contributed by atoms with Crippen LogP contribution >= 0.6 is 0 Å². The van der Waals surface area contributed by atoms with Crippen LogP contribution in [0.3, 0.4) is 0 Å². The predicted molar refractivity (Wildman–Crippen MR) is 91.1 cm³/mol. The summed E-state index contributed by atoms with van der Waals surface area (Å²) >= 11 is 0. The summed E-state index contributed by atoms with van der Waals surface area (Å²) in [6.07, 6.45) is 7.46. The number of carbonyl (C=O) groups is 1. The standard InChI is InChI=1S/C19H21N3O/c23-19(22-12-4-8-18(22)17-7-3-11-20-17)10-9-14-13-21-16-6-2-1-5-15(14)16/h1-3,5-7,11,13,18,20-21H,4,8-10,12H2/t18-/m1/s1. The first-order valence-electron chi connectivity index (χ1n) is 8.30. The van der Waals surface area contributed by atoms with Gasteiger partial charge in [0.1, 0.15) is 0 Å². The third-order valence-electron chi connectivity index (χ3n) is 4.84. The van der Waals surface area contributed by atoms with Gasteiger partial charge in [0, 0.05) is 42.0 Å². The lowest BCUT2D eigenvalue weighted by molar-refractivity contribution is -0.132. The van der Waals surface area contributed by atoms with Crippen LogP contribution in [-0.4, -0.2) is 27.3 Å². The number of para-hydroxylation sites is 1. The molecule has 1 atom stereocenters. The van der Waals surface area contributed by atoms with E-state index in [2.05, 4.69) is 28.2 Å². The second-order valence-electron chi connectivity index (χ2n) is 6.23. The van der Waals surface area contributed by atoms with Crippen molar-refractivity contribution in [2.75, 3.05) is 6.54 Å². The van der Waals surface area contributed by atoms with Crippen molar-refractivity contribution in [1.29, 1.82) is 0 Å². The highest BCUT2D eigenvalue weighted by Crippen LogP contribution is 2.31. The molecule has 118 valence electrons. The Hall–Kier alpha value is -2.49. The number of rotatable bonds is 4. The summed E-state index contributed by atoms with van der Waals surface area (Å²) in [7, 11) is 0. The van der Waals surface area contributed by atoms with Crippen LogP contribution in [0.25, 0.3) is 10.9 Å². The summed E-state index contributed by atoms with van der Waals surface area (Å²) in [5, 5.41) is 1.22. The zero-order valence-electron chi connectivity index (χ0n) is 13.1. The van der Waals surface area contributed by atoms with Crippen LogP contribution in [0, 0.1) is 0 Å². The van der Waals surface area contributed by atoms with Crippen molar-refractivity contribution < 1.29 is 4.79 Å². The molecule has 3 heterocycles. The van der Waals surface area contributed by atoms with E-state index in [0.717, 1.165) is 37.0 Å². The number of aryl methyl sites for hydroxylation is 1. The molecular weight excluding hydrogens is 286 g/mol. The molecule has 0 radical (unpaired) electrons. The van der Waals surface area contributed by atoms with Gasteiger partial charge in [-0.2, -0.15) is 0 Å². The van der Waals surface area contributed by atoms with Crippen LogP contribution in [0.1, 0.15) is 36.6 Å². The van der Waals surface area contributed by atoms with Crippen molar-refractivity contribution in [3.05, 3.63) is 60.0 Å². The number of aromatic nitrogens is 2. The van der Waals surface area contributed by atoms with Crippen LogP contribution in [0.4, 0.5) is 0 Å². The number of hydrogen-bond donors (Lipinski definition) is 2. The van der Waals surface area contributed by atoms with Gasteiger partial charge < -0.3 is 14.9 Å². The molecule has 0 spiro atoms. The maximum Gasteiger partial charge on any atom is 0.223 e. The minimum atomic E-state index is 0.223. The molecule has 0 saturated carbocycles. The molecule has 23 heavy (non-hydrogen) atoms. The average molecular weight is 307 g/mol. The molecule has 3 aromatic rings. The van der Waals surface area contributed by atoms with E-state index in [9.17, 15) is 4.79 Å². The van der Waals surface area contributed by atoms with Gasteiger partial charge >= 0.3 is 0 Å². The van der Waals surface area contributed by atoms with E-state index in [0.29, 0.717) is 6.42 Å². The first-order chi connectivity index (χ1) is 11.3. The van der Waals surface area contributed by atoms with Gasteiger partial charge in [0.05, 0.1) is 6.04 Å². The number of fused-ring (bicyclic) bond motifs is 1. The molecule has 1 aliphatic rings. The van der Waals surface area contributed by atoms with Crippen molar-refractivity contribution in [2.45, 2.75) is 31.7 Å². The SMILES string of the molecule is O=C(CCc1c[nH]c2ccccc12)N1CCC[C@@H]1c1ccc[nH]1. The largest absolute Gasteiger partial charge is 0.363 e. The zero-order valence-corrected chi connectivity index (χ0v) is 13.1. The number of carbonyl (C=O) groups excluding carboxylic acids is 1. The van der Waals surface area contributed by atoms with Crippen molar-refractivity contribution in [3.63, 3.8) is 0 Å². The van der Waals surface area contributed by atoms with E-state index < -0.39 is 0 Å². The molecule has 1 amide bonds. The minimum Gasteiger partial charge on any atom is -0.363 e. The molecular formula is C19H21N3O. The highest BCUT2D eigenvalue weighted by Gasteiger charge is 2.30. The van der Waals surface area contributed by atoms with Gasteiger partial charge in [0.15, 0.2) is 0 Å². The van der Waals surface area contributed by atoms with Gasteiger partial charge in [0.25, 0.3) is 0 Å². The quantitative estimate of drug-likeness (QED) is 0.757. The van der Waals surface area contributed by atoms with Crippen LogP contribution in [0.2, 0.25) is 0 Å². The number of nitrogens with one attached hydrogen (secondary N) is 2. The third kappa shape index (κ3) is 2.65. The number of amides is 1. The van der Waals surface area contributed by atoms with Gasteiger partial charge in [-0.3, -0.25) is 4.79 Å². The lowest BCUT2D eigenvalue weighted by Crippen LogP contribution is -2.30. The van der Waals surface area contributed by atoms with Gasteiger partial charge in [-0.05, 0) is 43.0 Å². The fourth-order valence-corrected chi connectivity index (χ4v) is 3.66. The van der Waals surface area contributed by atoms with E-state index in [1.165, 1.54) is 10.9 Å². The summed E-state index contributed by atoms with van der Waals surface area (Å²) < 4.78 is 0. The van der Waals surface area contributed by atoms with Crippen LogP contribution < -0.4 is 0 Å². The first-order valence-corrected chi connectivity index (χ1v) is 8.30. The van der Waals surface area contributed by atoms with E-state index in [-0.39, 0.29) is 11.9 Å². The lowest BCUT2D eigenvalue weighted by Gasteiger charge is -2.24. The van der Waals surface area contributed by atoms with Crippen LogP contribution in [0.15, 0.2) is 48.8 Å². The summed E-state index contributed by atoms with van der Waals surface area (Å²) in [5.41, 5.74) is 3.52. The zero-order chi connectivity index (χ0) is 15.6. The van der Waals surface area contributed by atoms with Gasteiger partial charge in [-0.1, -0.05) is 18.2 Å². The van der Waals surface area contributed by atoms with E-state index in [1.54, 1.807) is 0 Å². The molecule has 1 saturated heterocycles. The maximum atomic E-state index is 12.7. The van der Waals surface area contributed by atoms with Crippen molar-refractivity contribution >= 4 is 16.8 Å². The molecule has 0 aliphatic carbocycles. The molecule has 0 unspecified atom stereocenters. The molecule has 4 nitrogen and oxygen atoms in total. The first kappa shape index (κ1) is 14.1. The Kier molecular flexibility index (Phi) is 3.66. The molecule has 1 aliphatic heterocycles. The number of benzene rings is 1. The Morgan fingerprint density at radius 2 is 2.09 bits per heavy atom.